The van der Waals surface area contributed by atoms with E-state index in [2.05, 4.69) is 29.6 Å². The quantitative estimate of drug-likeness (QED) is 0.381. The Morgan fingerprint density at radius 1 is 0.774 bits per heavy atom. The maximum absolute atomic E-state index is 12.1. The molecule has 5 heteroatoms. The fraction of sp³-hybridized carbons (Fsp3) is 0.462. The molecule has 0 fully saturated rings. The van der Waals surface area contributed by atoms with Crippen molar-refractivity contribution in [2.75, 3.05) is 13.2 Å². The Balaban J connectivity index is 1.27. The predicted octanol–water partition coefficient (Wildman–Crippen LogP) is 6.12. The Hall–Kier alpha value is -2.82. The van der Waals surface area contributed by atoms with Gasteiger partial charge in [-0.3, -0.25) is 4.79 Å². The molecule has 0 radical (unpaired) electrons. The molecule has 0 aromatic heterocycles. The van der Waals surface area contributed by atoms with Crippen LogP contribution in [0, 0.1) is 0 Å². The molecule has 31 heavy (non-hydrogen) atoms. The zero-order valence-corrected chi connectivity index (χ0v) is 18.1. The number of alkyl carbamates (subject to hydrolysis) is 1. The highest BCUT2D eigenvalue weighted by Gasteiger charge is 2.28. The summed E-state index contributed by atoms with van der Waals surface area (Å²) in [6.45, 7) is 0.983. The first-order valence-corrected chi connectivity index (χ1v) is 11.5. The first-order valence-electron chi connectivity index (χ1n) is 11.5. The number of hydrogen-bond donors (Lipinski definition) is 2. The Kier molecular flexibility index (Phi) is 8.95. The minimum absolute atomic E-state index is 0.0913. The molecular weight excluding hydrogens is 390 g/mol. The lowest BCUT2D eigenvalue weighted by atomic mass is 9.98. The van der Waals surface area contributed by atoms with Crippen molar-refractivity contribution in [1.29, 1.82) is 0 Å². The van der Waals surface area contributed by atoms with Crippen LogP contribution < -0.4 is 5.32 Å². The summed E-state index contributed by atoms with van der Waals surface area (Å²) in [5, 5.41) is 11.5. The normalized spacial score (nSPS) is 12.3. The van der Waals surface area contributed by atoms with Crippen LogP contribution in [-0.2, 0) is 9.53 Å². The molecule has 1 amide bonds. The van der Waals surface area contributed by atoms with Crippen molar-refractivity contribution in [2.45, 2.75) is 63.7 Å². The topological polar surface area (TPSA) is 75.6 Å². The second kappa shape index (κ2) is 12.1. The molecule has 166 valence electrons. The van der Waals surface area contributed by atoms with Gasteiger partial charge >= 0.3 is 12.1 Å². The van der Waals surface area contributed by atoms with Crippen LogP contribution in [0.1, 0.15) is 74.8 Å². The number of hydrogen-bond acceptors (Lipinski definition) is 3. The molecule has 0 bridgehead atoms. The Bertz CT molecular complexity index is 818. The fourth-order valence-electron chi connectivity index (χ4n) is 4.30. The van der Waals surface area contributed by atoms with E-state index in [9.17, 15) is 9.59 Å². The molecule has 0 aliphatic heterocycles. The number of carboxylic acid groups (broad SMARTS) is 1. The van der Waals surface area contributed by atoms with E-state index < -0.39 is 5.97 Å². The van der Waals surface area contributed by atoms with Gasteiger partial charge in [-0.1, -0.05) is 87.1 Å². The first kappa shape index (κ1) is 22.9. The minimum Gasteiger partial charge on any atom is -0.481 e. The molecule has 0 spiro atoms. The summed E-state index contributed by atoms with van der Waals surface area (Å²) in [7, 11) is 0. The molecule has 0 atom stereocenters. The zero-order valence-electron chi connectivity index (χ0n) is 18.1. The highest BCUT2D eigenvalue weighted by Crippen LogP contribution is 2.44. The van der Waals surface area contributed by atoms with E-state index in [-0.39, 0.29) is 18.4 Å². The summed E-state index contributed by atoms with van der Waals surface area (Å²) >= 11 is 0. The lowest BCUT2D eigenvalue weighted by Gasteiger charge is -2.14. The van der Waals surface area contributed by atoms with Crippen LogP contribution in [0.2, 0.25) is 0 Å². The molecule has 0 unspecified atom stereocenters. The van der Waals surface area contributed by atoms with E-state index in [1.54, 1.807) is 0 Å². The third kappa shape index (κ3) is 6.84. The van der Waals surface area contributed by atoms with Crippen molar-refractivity contribution >= 4 is 12.1 Å². The van der Waals surface area contributed by atoms with Crippen LogP contribution in [-0.4, -0.2) is 30.3 Å². The minimum atomic E-state index is -0.705. The molecule has 5 nitrogen and oxygen atoms in total. The Labute approximate surface area is 184 Å². The monoisotopic (exact) mass is 423 g/mol. The maximum atomic E-state index is 12.1. The van der Waals surface area contributed by atoms with Crippen molar-refractivity contribution in [3.8, 4) is 11.1 Å². The summed E-state index contributed by atoms with van der Waals surface area (Å²) in [6, 6.07) is 16.7. The van der Waals surface area contributed by atoms with Crippen molar-refractivity contribution in [2.24, 2.45) is 0 Å². The third-order valence-electron chi connectivity index (χ3n) is 5.93. The number of benzene rings is 2. The number of rotatable bonds is 13. The largest absolute Gasteiger partial charge is 0.481 e. The van der Waals surface area contributed by atoms with Gasteiger partial charge in [-0.15, -0.1) is 0 Å². The van der Waals surface area contributed by atoms with Gasteiger partial charge in [0.25, 0.3) is 0 Å². The molecule has 0 saturated heterocycles. The standard InChI is InChI=1S/C26H33NO4/c28-25(29)17-7-5-3-1-2-4-6-12-18-27-26(30)31-19-24-22-15-10-8-13-20(22)21-14-9-11-16-23(21)24/h8-11,13-16,24H,1-7,12,17-19H2,(H,27,30)(H,28,29). The molecule has 1 aliphatic carbocycles. The molecule has 1 aliphatic rings. The van der Waals surface area contributed by atoms with Gasteiger partial charge in [-0.2, -0.15) is 0 Å². The number of carbonyl (C=O) groups is 2. The van der Waals surface area contributed by atoms with Gasteiger partial charge in [-0.25, -0.2) is 4.79 Å². The van der Waals surface area contributed by atoms with Gasteiger partial charge in [0, 0.05) is 18.9 Å². The molecule has 2 N–H and O–H groups in total. The summed E-state index contributed by atoms with van der Waals surface area (Å²) < 4.78 is 5.55. The second-order valence-corrected chi connectivity index (χ2v) is 8.22. The summed E-state index contributed by atoms with van der Waals surface area (Å²) in [5.41, 5.74) is 4.90. The van der Waals surface area contributed by atoms with Gasteiger partial charge in [-0.05, 0) is 35.1 Å². The van der Waals surface area contributed by atoms with Crippen LogP contribution in [0.15, 0.2) is 48.5 Å². The number of fused-ring (bicyclic) bond motifs is 3. The predicted molar refractivity (Wildman–Crippen MR) is 122 cm³/mol. The highest BCUT2D eigenvalue weighted by atomic mass is 16.5. The first-order chi connectivity index (χ1) is 15.2. The van der Waals surface area contributed by atoms with E-state index in [0.29, 0.717) is 13.2 Å². The van der Waals surface area contributed by atoms with E-state index >= 15 is 0 Å². The third-order valence-corrected chi connectivity index (χ3v) is 5.93. The van der Waals surface area contributed by atoms with Gasteiger partial charge in [0.1, 0.15) is 6.61 Å². The molecular formula is C26H33NO4. The number of unbranched alkanes of at least 4 members (excludes halogenated alkanes) is 7. The van der Waals surface area contributed by atoms with E-state index in [1.807, 2.05) is 24.3 Å². The second-order valence-electron chi connectivity index (χ2n) is 8.22. The lowest BCUT2D eigenvalue weighted by molar-refractivity contribution is -0.137. The van der Waals surface area contributed by atoms with Gasteiger partial charge in [0.05, 0.1) is 0 Å². The Morgan fingerprint density at radius 2 is 1.29 bits per heavy atom. The maximum Gasteiger partial charge on any atom is 0.407 e. The lowest BCUT2D eigenvalue weighted by Crippen LogP contribution is -2.27. The van der Waals surface area contributed by atoms with Crippen LogP contribution >= 0.6 is 0 Å². The van der Waals surface area contributed by atoms with Crippen LogP contribution in [0.25, 0.3) is 11.1 Å². The van der Waals surface area contributed by atoms with Crippen molar-refractivity contribution in [3.05, 3.63) is 59.7 Å². The number of amides is 1. The average Bonchev–Trinajstić information content (AvgIpc) is 3.09. The number of carboxylic acids is 1. The highest BCUT2D eigenvalue weighted by molar-refractivity contribution is 5.79. The number of ether oxygens (including phenoxy) is 1. The van der Waals surface area contributed by atoms with E-state index in [1.165, 1.54) is 22.3 Å². The smallest absolute Gasteiger partial charge is 0.407 e. The van der Waals surface area contributed by atoms with Crippen LogP contribution in [0.4, 0.5) is 4.79 Å². The van der Waals surface area contributed by atoms with Gasteiger partial charge in [0.15, 0.2) is 0 Å². The molecule has 0 saturated carbocycles. The number of carbonyl (C=O) groups excluding carboxylic acids is 1. The summed E-state index contributed by atoms with van der Waals surface area (Å²) in [6.07, 6.45) is 8.30. The number of nitrogens with one attached hydrogen (secondary N) is 1. The van der Waals surface area contributed by atoms with Crippen LogP contribution in [0.5, 0.6) is 0 Å². The molecule has 2 aromatic rings. The average molecular weight is 424 g/mol. The number of aliphatic carboxylic acids is 1. The van der Waals surface area contributed by atoms with Crippen molar-refractivity contribution in [3.63, 3.8) is 0 Å². The summed E-state index contributed by atoms with van der Waals surface area (Å²) in [5.74, 6) is -0.613. The van der Waals surface area contributed by atoms with Gasteiger partial charge < -0.3 is 15.2 Å². The molecule has 0 heterocycles. The summed E-state index contributed by atoms with van der Waals surface area (Å²) in [4.78, 5) is 22.6. The SMILES string of the molecule is O=C(O)CCCCCCCCCCNC(=O)OCC1c2ccccc2-c2ccccc21. The van der Waals surface area contributed by atoms with E-state index in [4.69, 9.17) is 9.84 Å². The zero-order chi connectivity index (χ0) is 21.9. The molecule has 3 rings (SSSR count). The van der Waals surface area contributed by atoms with Crippen molar-refractivity contribution < 1.29 is 19.4 Å². The molecule has 2 aromatic carbocycles. The van der Waals surface area contributed by atoms with Crippen LogP contribution in [0.3, 0.4) is 0 Å². The van der Waals surface area contributed by atoms with E-state index in [0.717, 1.165) is 51.4 Å². The van der Waals surface area contributed by atoms with Crippen molar-refractivity contribution in [1.82, 2.24) is 5.32 Å². The fourth-order valence-corrected chi connectivity index (χ4v) is 4.30. The van der Waals surface area contributed by atoms with Gasteiger partial charge in [0.2, 0.25) is 0 Å². The Morgan fingerprint density at radius 3 is 1.87 bits per heavy atom.